The first-order chi connectivity index (χ1) is 14.5. The molecule has 0 fully saturated rings. The van der Waals surface area contributed by atoms with Gasteiger partial charge in [-0.25, -0.2) is 4.98 Å². The van der Waals surface area contributed by atoms with Gasteiger partial charge >= 0.3 is 0 Å². The van der Waals surface area contributed by atoms with Crippen molar-refractivity contribution >= 4 is 45.9 Å². The first-order valence-corrected chi connectivity index (χ1v) is 9.70. The van der Waals surface area contributed by atoms with Crippen LogP contribution in [0.25, 0.3) is 22.6 Å². The smallest absolute Gasteiger partial charge is 0.262 e. The number of nitrogens with zero attached hydrogens (tertiary/aromatic N) is 1. The van der Waals surface area contributed by atoms with Crippen molar-refractivity contribution in [1.29, 1.82) is 0 Å². The molecule has 4 rings (SSSR count). The van der Waals surface area contributed by atoms with Crippen molar-refractivity contribution in [1.82, 2.24) is 4.98 Å². The van der Waals surface area contributed by atoms with Crippen LogP contribution in [-0.2, 0) is 4.79 Å². The van der Waals surface area contributed by atoms with E-state index >= 15 is 0 Å². The topological polar surface area (TPSA) is 73.6 Å². The van der Waals surface area contributed by atoms with Crippen LogP contribution in [0.15, 0.2) is 65.1 Å². The number of ether oxygens (including phenoxy) is 2. The average molecular weight is 443 g/mol. The zero-order valence-corrected chi connectivity index (χ0v) is 17.3. The van der Waals surface area contributed by atoms with Gasteiger partial charge in [0.2, 0.25) is 5.89 Å². The van der Waals surface area contributed by atoms with Gasteiger partial charge in [-0.1, -0.05) is 23.2 Å². The summed E-state index contributed by atoms with van der Waals surface area (Å²) >= 11 is 12.2. The van der Waals surface area contributed by atoms with Crippen molar-refractivity contribution in [3.8, 4) is 23.0 Å². The first-order valence-electron chi connectivity index (χ1n) is 8.94. The van der Waals surface area contributed by atoms with Gasteiger partial charge in [-0.15, -0.1) is 0 Å². The number of rotatable bonds is 6. The van der Waals surface area contributed by atoms with Gasteiger partial charge in [0.25, 0.3) is 5.91 Å². The Morgan fingerprint density at radius 3 is 2.53 bits per heavy atom. The van der Waals surface area contributed by atoms with Crippen molar-refractivity contribution in [2.75, 3.05) is 19.0 Å². The van der Waals surface area contributed by atoms with E-state index in [9.17, 15) is 4.79 Å². The highest BCUT2D eigenvalue weighted by Crippen LogP contribution is 2.32. The highest BCUT2D eigenvalue weighted by molar-refractivity contribution is 6.36. The SMILES string of the molecule is COc1ccc(OCC(=O)Nc2ccc3oc(-c4ccc(Cl)cc4Cl)nc3c2)cc1. The Morgan fingerprint density at radius 1 is 1.03 bits per heavy atom. The largest absolute Gasteiger partial charge is 0.497 e. The molecular formula is C22H16Cl2N2O4. The minimum absolute atomic E-state index is 0.130. The predicted molar refractivity (Wildman–Crippen MR) is 117 cm³/mol. The van der Waals surface area contributed by atoms with Crippen molar-refractivity contribution in [2.24, 2.45) is 0 Å². The molecule has 0 aliphatic carbocycles. The molecule has 0 bridgehead atoms. The molecule has 1 heterocycles. The quantitative estimate of drug-likeness (QED) is 0.406. The fourth-order valence-corrected chi connectivity index (χ4v) is 3.29. The Bertz CT molecular complexity index is 1210. The normalized spacial score (nSPS) is 10.8. The Hall–Kier alpha value is -3.22. The summed E-state index contributed by atoms with van der Waals surface area (Å²) in [4.78, 5) is 16.7. The maximum Gasteiger partial charge on any atom is 0.262 e. The van der Waals surface area contributed by atoms with Gasteiger partial charge < -0.3 is 19.2 Å². The van der Waals surface area contributed by atoms with Gasteiger partial charge in [-0.3, -0.25) is 4.79 Å². The van der Waals surface area contributed by atoms with Gasteiger partial charge in [0.1, 0.15) is 17.0 Å². The molecule has 1 amide bonds. The van der Waals surface area contributed by atoms with Gasteiger partial charge in [-0.2, -0.15) is 0 Å². The molecule has 0 atom stereocenters. The van der Waals surface area contributed by atoms with E-state index in [-0.39, 0.29) is 12.5 Å². The Labute approximate surface area is 182 Å². The Balaban J connectivity index is 1.44. The van der Waals surface area contributed by atoms with E-state index in [4.69, 9.17) is 37.1 Å². The van der Waals surface area contributed by atoms with E-state index in [1.54, 1.807) is 67.8 Å². The number of anilines is 1. The number of carbonyl (C=O) groups is 1. The summed E-state index contributed by atoms with van der Waals surface area (Å²) in [6.45, 7) is -0.130. The molecule has 152 valence electrons. The minimum Gasteiger partial charge on any atom is -0.497 e. The van der Waals surface area contributed by atoms with Crippen LogP contribution in [-0.4, -0.2) is 24.6 Å². The first kappa shape index (κ1) is 20.1. The number of hydrogen-bond donors (Lipinski definition) is 1. The molecule has 8 heteroatoms. The number of oxazole rings is 1. The molecule has 0 aliphatic rings. The van der Waals surface area contributed by atoms with Crippen molar-refractivity contribution in [3.63, 3.8) is 0 Å². The summed E-state index contributed by atoms with van der Waals surface area (Å²) in [5.74, 6) is 1.36. The van der Waals surface area contributed by atoms with Crippen LogP contribution in [0.2, 0.25) is 10.0 Å². The fraction of sp³-hybridized carbons (Fsp3) is 0.0909. The average Bonchev–Trinajstić information content (AvgIpc) is 3.15. The van der Waals surface area contributed by atoms with Gasteiger partial charge in [0.05, 0.1) is 17.7 Å². The molecule has 0 aliphatic heterocycles. The van der Waals surface area contributed by atoms with E-state index in [0.717, 1.165) is 0 Å². The third-order valence-corrected chi connectivity index (χ3v) is 4.81. The zero-order valence-electron chi connectivity index (χ0n) is 15.8. The molecule has 4 aromatic rings. The summed E-state index contributed by atoms with van der Waals surface area (Å²) in [5.41, 5.74) is 2.37. The standard InChI is InChI=1S/C22H16Cl2N2O4/c1-28-15-4-6-16(7-5-15)29-12-21(27)25-14-3-9-20-19(11-14)26-22(30-20)17-8-2-13(23)10-18(17)24/h2-11H,12H2,1H3,(H,25,27). The summed E-state index contributed by atoms with van der Waals surface area (Å²) in [7, 11) is 1.59. The second-order valence-corrected chi connectivity index (χ2v) is 7.18. The summed E-state index contributed by atoms with van der Waals surface area (Å²) in [6.07, 6.45) is 0. The van der Waals surface area contributed by atoms with Crippen LogP contribution in [0.3, 0.4) is 0 Å². The van der Waals surface area contributed by atoms with Crippen LogP contribution >= 0.6 is 23.2 Å². The monoisotopic (exact) mass is 442 g/mol. The molecule has 30 heavy (non-hydrogen) atoms. The number of halogens is 2. The molecule has 0 spiro atoms. The van der Waals surface area contributed by atoms with E-state index in [2.05, 4.69) is 10.3 Å². The molecule has 1 N–H and O–H groups in total. The number of fused-ring (bicyclic) bond motifs is 1. The lowest BCUT2D eigenvalue weighted by Crippen LogP contribution is -2.20. The molecule has 1 aromatic heterocycles. The number of nitrogens with one attached hydrogen (secondary N) is 1. The fourth-order valence-electron chi connectivity index (χ4n) is 2.80. The van der Waals surface area contributed by atoms with Crippen molar-refractivity contribution < 1.29 is 18.7 Å². The predicted octanol–water partition coefficient (Wildman–Crippen LogP) is 5.83. The Morgan fingerprint density at radius 2 is 1.80 bits per heavy atom. The van der Waals surface area contributed by atoms with Crippen LogP contribution < -0.4 is 14.8 Å². The molecular weight excluding hydrogens is 427 g/mol. The molecule has 6 nitrogen and oxygen atoms in total. The minimum atomic E-state index is -0.297. The van der Waals surface area contributed by atoms with Crippen LogP contribution in [0, 0.1) is 0 Å². The summed E-state index contributed by atoms with van der Waals surface area (Å²) < 4.78 is 16.3. The molecule has 3 aromatic carbocycles. The number of hydrogen-bond acceptors (Lipinski definition) is 5. The van der Waals surface area contributed by atoms with E-state index in [1.165, 1.54) is 0 Å². The third-order valence-electron chi connectivity index (χ3n) is 4.26. The van der Waals surface area contributed by atoms with Crippen molar-refractivity contribution in [2.45, 2.75) is 0 Å². The van der Waals surface area contributed by atoms with Crippen LogP contribution in [0.4, 0.5) is 5.69 Å². The van der Waals surface area contributed by atoms with Crippen LogP contribution in [0.1, 0.15) is 0 Å². The third kappa shape index (κ3) is 4.50. The molecule has 0 saturated carbocycles. The lowest BCUT2D eigenvalue weighted by molar-refractivity contribution is -0.118. The molecule has 0 radical (unpaired) electrons. The summed E-state index contributed by atoms with van der Waals surface area (Å²) in [6, 6.07) is 17.3. The maximum absolute atomic E-state index is 12.2. The maximum atomic E-state index is 12.2. The van der Waals surface area contributed by atoms with Gasteiger partial charge in [0, 0.05) is 10.7 Å². The lowest BCUT2D eigenvalue weighted by atomic mass is 10.2. The highest BCUT2D eigenvalue weighted by Gasteiger charge is 2.13. The number of methoxy groups -OCH3 is 1. The number of aromatic nitrogens is 1. The van der Waals surface area contributed by atoms with Gasteiger partial charge in [-0.05, 0) is 60.7 Å². The second-order valence-electron chi connectivity index (χ2n) is 6.34. The van der Waals surface area contributed by atoms with Crippen LogP contribution in [0.5, 0.6) is 11.5 Å². The summed E-state index contributed by atoms with van der Waals surface area (Å²) in [5, 5.41) is 3.75. The van der Waals surface area contributed by atoms with E-state index < -0.39 is 0 Å². The Kier molecular flexibility index (Phi) is 5.79. The zero-order chi connectivity index (χ0) is 21.1. The molecule has 0 saturated heterocycles. The van der Waals surface area contributed by atoms with Gasteiger partial charge in [0.15, 0.2) is 12.2 Å². The second kappa shape index (κ2) is 8.65. The van der Waals surface area contributed by atoms with E-state index in [0.29, 0.717) is 49.8 Å². The highest BCUT2D eigenvalue weighted by atomic mass is 35.5. The molecule has 0 unspecified atom stereocenters. The van der Waals surface area contributed by atoms with Crippen molar-refractivity contribution in [3.05, 3.63) is 70.7 Å². The number of carbonyl (C=O) groups excluding carboxylic acids is 1. The number of amides is 1. The number of benzene rings is 3. The lowest BCUT2D eigenvalue weighted by Gasteiger charge is -2.08. The van der Waals surface area contributed by atoms with E-state index in [1.807, 2.05) is 0 Å².